The van der Waals surface area contributed by atoms with E-state index in [9.17, 15) is 9.59 Å². The van der Waals surface area contributed by atoms with Crippen LogP contribution in [0.2, 0.25) is 0 Å². The molecule has 3 rings (SSSR count). The molecule has 116 valence electrons. The van der Waals surface area contributed by atoms with Crippen LogP contribution in [0.5, 0.6) is 0 Å². The van der Waals surface area contributed by atoms with Crippen LogP contribution in [0.25, 0.3) is 10.8 Å². The van der Waals surface area contributed by atoms with Crippen LogP contribution in [-0.4, -0.2) is 42.6 Å². The lowest BCUT2D eigenvalue weighted by Crippen LogP contribution is -2.28. The maximum atomic E-state index is 12.0. The Kier molecular flexibility index (Phi) is 4.24. The van der Waals surface area contributed by atoms with Crippen LogP contribution in [-0.2, 0) is 16.0 Å². The third kappa shape index (κ3) is 3.04. The molecule has 0 aliphatic carbocycles. The number of likely N-dealkylation sites (tertiary alicyclic amines) is 1. The first kappa shape index (κ1) is 14.8. The van der Waals surface area contributed by atoms with Gasteiger partial charge in [-0.3, -0.25) is 9.59 Å². The first-order valence-electron chi connectivity index (χ1n) is 7.54. The van der Waals surface area contributed by atoms with Gasteiger partial charge in [-0.1, -0.05) is 12.1 Å². The number of carbonyl (C=O) groups is 1. The van der Waals surface area contributed by atoms with Gasteiger partial charge in [0.25, 0.3) is 5.56 Å². The number of methoxy groups -OCH3 is 1. The molecule has 1 atom stereocenters. The summed E-state index contributed by atoms with van der Waals surface area (Å²) in [6.07, 6.45) is 3.12. The minimum atomic E-state index is -0.0640. The lowest BCUT2D eigenvalue weighted by molar-refractivity contribution is -0.128. The lowest BCUT2D eigenvalue weighted by Gasteiger charge is -2.16. The van der Waals surface area contributed by atoms with Crippen LogP contribution < -0.4 is 5.56 Å². The number of aromatic amines is 1. The summed E-state index contributed by atoms with van der Waals surface area (Å²) < 4.78 is 5.04. The molecule has 0 saturated carbocycles. The molecular weight excluding hydrogens is 280 g/mol. The molecule has 1 unspecified atom stereocenters. The van der Waals surface area contributed by atoms with Crippen LogP contribution in [0.1, 0.15) is 12.0 Å². The number of H-pyrrole nitrogens is 1. The van der Waals surface area contributed by atoms with E-state index >= 15 is 0 Å². The molecule has 5 nitrogen and oxygen atoms in total. The van der Waals surface area contributed by atoms with Gasteiger partial charge in [0.2, 0.25) is 5.91 Å². The predicted octanol–water partition coefficient (Wildman–Crippen LogP) is 1.57. The maximum absolute atomic E-state index is 12.0. The van der Waals surface area contributed by atoms with Crippen LogP contribution >= 0.6 is 0 Å². The maximum Gasteiger partial charge on any atom is 0.255 e. The summed E-state index contributed by atoms with van der Waals surface area (Å²) in [4.78, 5) is 28.2. The lowest BCUT2D eigenvalue weighted by atomic mass is 9.97. The van der Waals surface area contributed by atoms with Crippen molar-refractivity contribution >= 4 is 16.7 Å². The molecular formula is C17H20N2O3. The zero-order chi connectivity index (χ0) is 15.5. The monoisotopic (exact) mass is 300 g/mol. The smallest absolute Gasteiger partial charge is 0.255 e. The van der Waals surface area contributed by atoms with Gasteiger partial charge in [0.05, 0.1) is 6.61 Å². The summed E-state index contributed by atoms with van der Waals surface area (Å²) in [5.74, 6) is 0.545. The minimum Gasteiger partial charge on any atom is -0.383 e. The summed E-state index contributed by atoms with van der Waals surface area (Å²) in [6, 6.07) is 7.81. The van der Waals surface area contributed by atoms with Crippen LogP contribution in [0, 0.1) is 5.92 Å². The molecule has 1 aliphatic heterocycles. The zero-order valence-corrected chi connectivity index (χ0v) is 12.7. The van der Waals surface area contributed by atoms with Crippen LogP contribution in [0.15, 0.2) is 35.3 Å². The number of nitrogens with one attached hydrogen (secondary N) is 1. The average molecular weight is 300 g/mol. The number of aromatic nitrogens is 1. The van der Waals surface area contributed by atoms with Crippen molar-refractivity contribution in [3.05, 3.63) is 46.4 Å². The standard InChI is InChI=1S/C17H20N2O3/c1-22-7-6-19-11-13(10-16(19)20)8-12-2-3-15-14(9-12)4-5-18-17(15)21/h2-5,9,13H,6-8,10-11H2,1H3,(H,18,21). The summed E-state index contributed by atoms with van der Waals surface area (Å²) in [5.41, 5.74) is 1.11. The third-order valence-corrected chi connectivity index (χ3v) is 4.22. The number of pyridine rings is 1. The second-order valence-corrected chi connectivity index (χ2v) is 5.84. The van der Waals surface area contributed by atoms with Crippen molar-refractivity contribution in [1.29, 1.82) is 0 Å². The van der Waals surface area contributed by atoms with E-state index in [1.54, 1.807) is 13.3 Å². The van der Waals surface area contributed by atoms with Crippen molar-refractivity contribution in [1.82, 2.24) is 9.88 Å². The van der Waals surface area contributed by atoms with Crippen molar-refractivity contribution in [3.8, 4) is 0 Å². The number of rotatable bonds is 5. The molecule has 5 heteroatoms. The molecule has 1 N–H and O–H groups in total. The molecule has 1 aliphatic rings. The van der Waals surface area contributed by atoms with Gasteiger partial charge in [0.1, 0.15) is 0 Å². The first-order valence-corrected chi connectivity index (χ1v) is 7.54. The number of fused-ring (bicyclic) bond motifs is 1. The van der Waals surface area contributed by atoms with Gasteiger partial charge in [-0.15, -0.1) is 0 Å². The Hall–Kier alpha value is -2.14. The highest BCUT2D eigenvalue weighted by atomic mass is 16.5. The van der Waals surface area contributed by atoms with Crippen molar-refractivity contribution in [2.45, 2.75) is 12.8 Å². The van der Waals surface area contributed by atoms with Gasteiger partial charge in [-0.25, -0.2) is 0 Å². The Labute approximate surface area is 128 Å². The summed E-state index contributed by atoms with van der Waals surface area (Å²) in [7, 11) is 1.65. The number of carbonyl (C=O) groups excluding carboxylic acids is 1. The number of benzene rings is 1. The SMILES string of the molecule is COCCN1CC(Cc2ccc3c(=O)[nH]ccc3c2)CC1=O. The zero-order valence-electron chi connectivity index (χ0n) is 12.7. The second-order valence-electron chi connectivity index (χ2n) is 5.84. The van der Waals surface area contributed by atoms with Gasteiger partial charge < -0.3 is 14.6 Å². The molecule has 1 aromatic heterocycles. The van der Waals surface area contributed by atoms with Gasteiger partial charge >= 0.3 is 0 Å². The highest BCUT2D eigenvalue weighted by Crippen LogP contribution is 2.23. The fourth-order valence-electron chi connectivity index (χ4n) is 3.11. The number of hydrogen-bond donors (Lipinski definition) is 1. The summed E-state index contributed by atoms with van der Waals surface area (Å²) in [5, 5.41) is 1.65. The van der Waals surface area contributed by atoms with E-state index in [2.05, 4.69) is 4.98 Å². The molecule has 1 amide bonds. The van der Waals surface area contributed by atoms with E-state index in [1.165, 1.54) is 5.56 Å². The summed E-state index contributed by atoms with van der Waals surface area (Å²) in [6.45, 7) is 2.03. The van der Waals surface area contributed by atoms with Crippen LogP contribution in [0.3, 0.4) is 0 Å². The molecule has 0 spiro atoms. The molecule has 1 aromatic carbocycles. The van der Waals surface area contributed by atoms with Gasteiger partial charge in [0, 0.05) is 38.2 Å². The Balaban J connectivity index is 1.71. The quantitative estimate of drug-likeness (QED) is 0.911. The topological polar surface area (TPSA) is 62.4 Å². The number of hydrogen-bond acceptors (Lipinski definition) is 3. The highest BCUT2D eigenvalue weighted by molar-refractivity contribution is 5.82. The van der Waals surface area contributed by atoms with E-state index in [1.807, 2.05) is 29.2 Å². The first-order chi connectivity index (χ1) is 10.7. The molecule has 2 aromatic rings. The number of amides is 1. The van der Waals surface area contributed by atoms with E-state index in [0.29, 0.717) is 30.9 Å². The Morgan fingerprint density at radius 2 is 2.18 bits per heavy atom. The molecule has 1 fully saturated rings. The summed E-state index contributed by atoms with van der Waals surface area (Å²) >= 11 is 0. The van der Waals surface area contributed by atoms with E-state index in [-0.39, 0.29) is 11.5 Å². The second kappa shape index (κ2) is 6.32. The average Bonchev–Trinajstić information content (AvgIpc) is 2.85. The fraction of sp³-hybridized carbons (Fsp3) is 0.412. The van der Waals surface area contributed by atoms with E-state index < -0.39 is 0 Å². The van der Waals surface area contributed by atoms with Crippen LogP contribution in [0.4, 0.5) is 0 Å². The van der Waals surface area contributed by atoms with Crippen molar-refractivity contribution < 1.29 is 9.53 Å². The van der Waals surface area contributed by atoms with Crippen molar-refractivity contribution in [3.63, 3.8) is 0 Å². The number of ether oxygens (including phenoxy) is 1. The van der Waals surface area contributed by atoms with E-state index in [0.717, 1.165) is 18.4 Å². The molecule has 22 heavy (non-hydrogen) atoms. The molecule has 0 bridgehead atoms. The fourth-order valence-corrected chi connectivity index (χ4v) is 3.11. The molecule has 2 heterocycles. The molecule has 0 radical (unpaired) electrons. The van der Waals surface area contributed by atoms with Crippen molar-refractivity contribution in [2.75, 3.05) is 26.8 Å². The Bertz CT molecular complexity index is 738. The minimum absolute atomic E-state index is 0.0640. The Morgan fingerprint density at radius 1 is 1.32 bits per heavy atom. The highest BCUT2D eigenvalue weighted by Gasteiger charge is 2.29. The third-order valence-electron chi connectivity index (χ3n) is 4.22. The van der Waals surface area contributed by atoms with E-state index in [4.69, 9.17) is 4.74 Å². The normalized spacial score (nSPS) is 18.3. The van der Waals surface area contributed by atoms with Gasteiger partial charge in [-0.05, 0) is 35.4 Å². The largest absolute Gasteiger partial charge is 0.383 e. The number of nitrogens with zero attached hydrogens (tertiary/aromatic N) is 1. The van der Waals surface area contributed by atoms with Crippen molar-refractivity contribution in [2.24, 2.45) is 5.92 Å². The van der Waals surface area contributed by atoms with Gasteiger partial charge in [0.15, 0.2) is 0 Å². The van der Waals surface area contributed by atoms with Gasteiger partial charge in [-0.2, -0.15) is 0 Å². The Morgan fingerprint density at radius 3 is 3.00 bits per heavy atom. The molecule has 1 saturated heterocycles. The predicted molar refractivity (Wildman–Crippen MR) is 84.8 cm³/mol.